The number of aromatic nitrogens is 1. The SMILES string of the molecule is CC(C)(C)[C@@H]1CCc2nc(NC(=O)COc3ccccc3[N+](=O)[O-])sc2C1. The molecule has 0 radical (unpaired) electrons. The van der Waals surface area contributed by atoms with E-state index < -0.39 is 4.92 Å². The number of nitrogens with one attached hydrogen (secondary N) is 1. The van der Waals surface area contributed by atoms with Crippen LogP contribution in [0.1, 0.15) is 37.8 Å². The molecule has 1 aliphatic rings. The molecule has 7 nitrogen and oxygen atoms in total. The van der Waals surface area contributed by atoms with E-state index in [1.165, 1.54) is 28.3 Å². The summed E-state index contributed by atoms with van der Waals surface area (Å²) in [5, 5.41) is 14.3. The summed E-state index contributed by atoms with van der Waals surface area (Å²) in [6.07, 6.45) is 3.02. The fraction of sp³-hybridized carbons (Fsp3) is 0.474. The monoisotopic (exact) mass is 389 g/mol. The number of rotatable bonds is 5. The number of nitro groups is 1. The number of amides is 1. The molecule has 0 saturated heterocycles. The van der Waals surface area contributed by atoms with Gasteiger partial charge in [0.15, 0.2) is 17.5 Å². The van der Waals surface area contributed by atoms with Gasteiger partial charge in [0, 0.05) is 10.9 Å². The van der Waals surface area contributed by atoms with Crippen molar-refractivity contribution in [3.8, 4) is 5.75 Å². The van der Waals surface area contributed by atoms with Gasteiger partial charge in [-0.2, -0.15) is 0 Å². The molecular weight excluding hydrogens is 366 g/mol. The lowest BCUT2D eigenvalue weighted by atomic mass is 9.73. The molecular formula is C19H23N3O4S. The number of nitrogens with zero attached hydrogens (tertiary/aromatic N) is 2. The maximum Gasteiger partial charge on any atom is 0.310 e. The van der Waals surface area contributed by atoms with E-state index in [0.29, 0.717) is 11.0 Å². The summed E-state index contributed by atoms with van der Waals surface area (Å²) in [6.45, 7) is 6.46. The Morgan fingerprint density at radius 1 is 1.41 bits per heavy atom. The molecule has 2 aromatic rings. The number of hydrogen-bond acceptors (Lipinski definition) is 6. The van der Waals surface area contributed by atoms with Crippen LogP contribution >= 0.6 is 11.3 Å². The van der Waals surface area contributed by atoms with E-state index in [1.54, 1.807) is 12.1 Å². The third kappa shape index (κ3) is 4.63. The Balaban J connectivity index is 1.60. The van der Waals surface area contributed by atoms with Crippen LogP contribution in [0.4, 0.5) is 10.8 Å². The molecule has 0 saturated carbocycles. The molecule has 1 amide bonds. The molecule has 144 valence electrons. The summed E-state index contributed by atoms with van der Waals surface area (Å²) in [5.74, 6) is 0.298. The van der Waals surface area contributed by atoms with Crippen molar-refractivity contribution in [1.29, 1.82) is 0 Å². The van der Waals surface area contributed by atoms with Crippen LogP contribution in [0.5, 0.6) is 5.75 Å². The van der Waals surface area contributed by atoms with E-state index in [4.69, 9.17) is 4.74 Å². The lowest BCUT2D eigenvalue weighted by molar-refractivity contribution is -0.385. The Bertz CT molecular complexity index is 857. The van der Waals surface area contributed by atoms with Crippen LogP contribution in [0.2, 0.25) is 0 Å². The standard InChI is InChI=1S/C19H23N3O4S/c1-19(2,3)12-8-9-13-16(10-12)27-18(20-13)21-17(23)11-26-15-7-5-4-6-14(15)22(24)25/h4-7,12H,8-11H2,1-3H3,(H,20,21,23)/t12-/m1/s1. The number of fused-ring (bicyclic) bond motifs is 1. The number of para-hydroxylation sites is 2. The molecule has 1 atom stereocenters. The first kappa shape index (κ1) is 19.3. The van der Waals surface area contributed by atoms with Gasteiger partial charge >= 0.3 is 5.69 Å². The highest BCUT2D eigenvalue weighted by molar-refractivity contribution is 7.15. The average molecular weight is 389 g/mol. The highest BCUT2D eigenvalue weighted by Gasteiger charge is 2.30. The van der Waals surface area contributed by atoms with Crippen molar-refractivity contribution in [3.63, 3.8) is 0 Å². The maximum absolute atomic E-state index is 12.2. The summed E-state index contributed by atoms with van der Waals surface area (Å²) >= 11 is 1.51. The Morgan fingerprint density at radius 2 is 2.15 bits per heavy atom. The normalized spacial score (nSPS) is 16.5. The van der Waals surface area contributed by atoms with Crippen LogP contribution in [-0.2, 0) is 17.6 Å². The first-order valence-corrected chi connectivity index (χ1v) is 9.70. The Labute approximate surface area is 161 Å². The molecule has 1 heterocycles. The van der Waals surface area contributed by atoms with Crippen molar-refractivity contribution < 1.29 is 14.5 Å². The predicted molar refractivity (Wildman–Crippen MR) is 104 cm³/mol. The van der Waals surface area contributed by atoms with E-state index in [2.05, 4.69) is 31.1 Å². The first-order valence-electron chi connectivity index (χ1n) is 8.88. The van der Waals surface area contributed by atoms with Crippen LogP contribution in [0.25, 0.3) is 0 Å². The third-order valence-electron chi connectivity index (χ3n) is 4.83. The number of nitro benzene ring substituents is 1. The van der Waals surface area contributed by atoms with Gasteiger partial charge < -0.3 is 4.74 Å². The number of benzene rings is 1. The van der Waals surface area contributed by atoms with Gasteiger partial charge in [0.05, 0.1) is 10.6 Å². The lowest BCUT2D eigenvalue weighted by Gasteiger charge is -2.33. The maximum atomic E-state index is 12.2. The van der Waals surface area contributed by atoms with Crippen LogP contribution in [-0.4, -0.2) is 22.4 Å². The molecule has 0 unspecified atom stereocenters. The van der Waals surface area contributed by atoms with Crippen LogP contribution < -0.4 is 10.1 Å². The molecule has 27 heavy (non-hydrogen) atoms. The predicted octanol–water partition coefficient (Wildman–Crippen LogP) is 4.22. The van der Waals surface area contributed by atoms with E-state index in [0.717, 1.165) is 25.0 Å². The van der Waals surface area contributed by atoms with E-state index in [1.807, 2.05) is 0 Å². The second-order valence-corrected chi connectivity index (χ2v) is 8.84. The van der Waals surface area contributed by atoms with Crippen LogP contribution in [0, 0.1) is 21.4 Å². The minimum absolute atomic E-state index is 0.0732. The van der Waals surface area contributed by atoms with E-state index in [-0.39, 0.29) is 29.4 Å². The zero-order chi connectivity index (χ0) is 19.6. The fourth-order valence-electron chi connectivity index (χ4n) is 3.20. The second-order valence-electron chi connectivity index (χ2n) is 7.76. The Kier molecular flexibility index (Phi) is 5.46. The molecule has 0 bridgehead atoms. The van der Waals surface area contributed by atoms with Gasteiger partial charge in [-0.25, -0.2) is 4.98 Å². The number of aryl methyl sites for hydroxylation is 1. The molecule has 1 aromatic heterocycles. The molecule has 1 N–H and O–H groups in total. The highest BCUT2D eigenvalue weighted by atomic mass is 32.1. The summed E-state index contributed by atoms with van der Waals surface area (Å²) in [5.41, 5.74) is 1.15. The van der Waals surface area contributed by atoms with Crippen molar-refractivity contribution >= 4 is 28.1 Å². The summed E-state index contributed by atoms with van der Waals surface area (Å²) < 4.78 is 5.32. The van der Waals surface area contributed by atoms with Gasteiger partial charge in [0.25, 0.3) is 5.91 Å². The van der Waals surface area contributed by atoms with Gasteiger partial charge in [-0.05, 0) is 36.7 Å². The molecule has 0 spiro atoms. The molecule has 1 aliphatic carbocycles. The second kappa shape index (κ2) is 7.64. The number of carbonyl (C=O) groups excluding carboxylic acids is 1. The van der Waals surface area contributed by atoms with Crippen LogP contribution in [0.15, 0.2) is 24.3 Å². The quantitative estimate of drug-likeness (QED) is 0.610. The minimum Gasteiger partial charge on any atom is -0.477 e. The van der Waals surface area contributed by atoms with Gasteiger partial charge in [-0.3, -0.25) is 20.2 Å². The first-order chi connectivity index (χ1) is 12.7. The number of anilines is 1. The molecule has 1 aromatic carbocycles. The van der Waals surface area contributed by atoms with Crippen molar-refractivity contribution in [2.75, 3.05) is 11.9 Å². The molecule has 0 fully saturated rings. The van der Waals surface area contributed by atoms with Gasteiger partial charge in [0.2, 0.25) is 0 Å². The molecule has 0 aliphatic heterocycles. The smallest absolute Gasteiger partial charge is 0.310 e. The summed E-state index contributed by atoms with van der Waals surface area (Å²) in [7, 11) is 0. The number of hydrogen-bond donors (Lipinski definition) is 1. The zero-order valence-electron chi connectivity index (χ0n) is 15.7. The topological polar surface area (TPSA) is 94.4 Å². The number of ether oxygens (including phenoxy) is 1. The van der Waals surface area contributed by atoms with Gasteiger partial charge in [0.1, 0.15) is 0 Å². The van der Waals surface area contributed by atoms with E-state index >= 15 is 0 Å². The zero-order valence-corrected chi connectivity index (χ0v) is 16.5. The van der Waals surface area contributed by atoms with Crippen molar-refractivity contribution in [2.45, 2.75) is 40.0 Å². The molecule has 8 heteroatoms. The Morgan fingerprint density at radius 3 is 2.85 bits per heavy atom. The van der Waals surface area contributed by atoms with E-state index in [9.17, 15) is 14.9 Å². The highest BCUT2D eigenvalue weighted by Crippen LogP contribution is 2.40. The Hall–Kier alpha value is -2.48. The fourth-order valence-corrected chi connectivity index (χ4v) is 4.30. The summed E-state index contributed by atoms with van der Waals surface area (Å²) in [6, 6.07) is 5.99. The minimum atomic E-state index is -0.534. The van der Waals surface area contributed by atoms with Crippen molar-refractivity contribution in [1.82, 2.24) is 4.98 Å². The van der Waals surface area contributed by atoms with Crippen molar-refractivity contribution in [3.05, 3.63) is 45.0 Å². The number of carbonyl (C=O) groups is 1. The third-order valence-corrected chi connectivity index (χ3v) is 5.87. The lowest BCUT2D eigenvalue weighted by Crippen LogP contribution is -2.26. The largest absolute Gasteiger partial charge is 0.477 e. The van der Waals surface area contributed by atoms with Gasteiger partial charge in [-0.15, -0.1) is 11.3 Å². The average Bonchev–Trinajstić information content (AvgIpc) is 3.00. The molecule has 3 rings (SSSR count). The van der Waals surface area contributed by atoms with Crippen LogP contribution in [0.3, 0.4) is 0 Å². The summed E-state index contributed by atoms with van der Waals surface area (Å²) in [4.78, 5) is 28.4. The van der Waals surface area contributed by atoms with Crippen molar-refractivity contribution in [2.24, 2.45) is 11.3 Å². The number of thiazole rings is 1. The van der Waals surface area contributed by atoms with Gasteiger partial charge in [-0.1, -0.05) is 32.9 Å².